The van der Waals surface area contributed by atoms with E-state index in [1.807, 2.05) is 0 Å². The van der Waals surface area contributed by atoms with Crippen molar-refractivity contribution in [2.75, 3.05) is 18.4 Å². The lowest BCUT2D eigenvalue weighted by atomic mass is 9.97. The van der Waals surface area contributed by atoms with Crippen molar-refractivity contribution in [3.63, 3.8) is 0 Å². The van der Waals surface area contributed by atoms with E-state index in [2.05, 4.69) is 15.2 Å². The van der Waals surface area contributed by atoms with Crippen LogP contribution >= 0.6 is 11.6 Å². The van der Waals surface area contributed by atoms with E-state index in [0.717, 1.165) is 19.4 Å². The van der Waals surface area contributed by atoms with Crippen molar-refractivity contribution in [3.05, 3.63) is 23.1 Å². The highest BCUT2D eigenvalue weighted by Gasteiger charge is 2.31. The molecule has 3 heterocycles. The number of anilines is 1. The number of piperidine rings is 1. The van der Waals surface area contributed by atoms with Crippen LogP contribution in [0.1, 0.15) is 25.7 Å². The average molecular weight is 270 g/mol. The molecule has 18 heavy (non-hydrogen) atoms. The molecule has 2 aliphatic heterocycles. The fourth-order valence-electron chi connectivity index (χ4n) is 3.07. The number of pyridine rings is 1. The molecule has 0 spiro atoms. The molecule has 0 bridgehead atoms. The molecule has 0 aromatic carbocycles. The Morgan fingerprint density at radius 2 is 2.28 bits per heavy atom. The van der Waals surface area contributed by atoms with Gasteiger partial charge >= 0.3 is 0 Å². The first-order valence-corrected chi connectivity index (χ1v) is 6.92. The predicted octanol–water partition coefficient (Wildman–Crippen LogP) is 2.91. The van der Waals surface area contributed by atoms with Crippen LogP contribution in [0, 0.1) is 5.82 Å². The van der Waals surface area contributed by atoms with Crippen LogP contribution in [0.3, 0.4) is 0 Å². The van der Waals surface area contributed by atoms with E-state index < -0.39 is 0 Å². The first kappa shape index (κ1) is 12.2. The van der Waals surface area contributed by atoms with Crippen LogP contribution in [-0.2, 0) is 0 Å². The highest BCUT2D eigenvalue weighted by Crippen LogP contribution is 2.28. The van der Waals surface area contributed by atoms with E-state index in [4.69, 9.17) is 11.6 Å². The smallest absolute Gasteiger partial charge is 0.166 e. The molecule has 3 nitrogen and oxygen atoms in total. The molecule has 5 heteroatoms. The van der Waals surface area contributed by atoms with Gasteiger partial charge in [-0.2, -0.15) is 0 Å². The summed E-state index contributed by atoms with van der Waals surface area (Å²) in [7, 11) is 0. The minimum Gasteiger partial charge on any atom is -0.365 e. The Morgan fingerprint density at radius 1 is 1.39 bits per heavy atom. The van der Waals surface area contributed by atoms with Gasteiger partial charge in [0, 0.05) is 24.8 Å². The summed E-state index contributed by atoms with van der Waals surface area (Å²) in [6.45, 7) is 2.34. The summed E-state index contributed by atoms with van der Waals surface area (Å²) in [6.07, 6.45) is 6.20. The van der Waals surface area contributed by atoms with Gasteiger partial charge in [-0.25, -0.2) is 9.37 Å². The van der Waals surface area contributed by atoms with E-state index >= 15 is 0 Å². The van der Waals surface area contributed by atoms with Crippen molar-refractivity contribution >= 4 is 17.4 Å². The van der Waals surface area contributed by atoms with Crippen molar-refractivity contribution in [1.82, 2.24) is 9.88 Å². The van der Waals surface area contributed by atoms with Crippen LogP contribution in [0.25, 0.3) is 0 Å². The van der Waals surface area contributed by atoms with E-state index in [1.165, 1.54) is 31.6 Å². The predicted molar refractivity (Wildman–Crippen MR) is 70.4 cm³/mol. The minimum atomic E-state index is -0.364. The molecule has 2 unspecified atom stereocenters. The summed E-state index contributed by atoms with van der Waals surface area (Å²) < 4.78 is 13.7. The minimum absolute atomic E-state index is 0.326. The third-order valence-electron chi connectivity index (χ3n) is 3.97. The Hall–Kier alpha value is -0.870. The molecule has 1 aromatic heterocycles. The Kier molecular flexibility index (Phi) is 3.39. The second-order valence-electron chi connectivity index (χ2n) is 5.18. The van der Waals surface area contributed by atoms with Gasteiger partial charge < -0.3 is 10.2 Å². The van der Waals surface area contributed by atoms with Crippen LogP contribution < -0.4 is 5.32 Å². The number of nitrogens with zero attached hydrogens (tertiary/aromatic N) is 2. The van der Waals surface area contributed by atoms with Crippen molar-refractivity contribution in [1.29, 1.82) is 0 Å². The molecule has 0 saturated carbocycles. The molecule has 98 valence electrons. The van der Waals surface area contributed by atoms with Crippen LogP contribution in [0.4, 0.5) is 10.2 Å². The van der Waals surface area contributed by atoms with Gasteiger partial charge in [0.15, 0.2) is 11.6 Å². The molecule has 2 aliphatic rings. The van der Waals surface area contributed by atoms with Gasteiger partial charge in [0.1, 0.15) is 0 Å². The SMILES string of the molecule is Fc1cc(Cl)cnc1NC1CCN2CCCC2C1. The van der Waals surface area contributed by atoms with Crippen molar-refractivity contribution in [3.8, 4) is 0 Å². The van der Waals surface area contributed by atoms with Gasteiger partial charge in [-0.05, 0) is 38.3 Å². The standard InChI is InChI=1S/C13H17ClFN3/c14-9-6-12(15)13(16-8-9)17-10-3-5-18-4-1-2-11(18)7-10/h6,8,10-11H,1-5,7H2,(H,16,17). The molecule has 1 aromatic rings. The average Bonchev–Trinajstić information content (AvgIpc) is 2.80. The molecule has 3 rings (SSSR count). The molecular weight excluding hydrogens is 253 g/mol. The molecular formula is C13H17ClFN3. The van der Waals surface area contributed by atoms with Crippen LogP contribution in [0.15, 0.2) is 12.3 Å². The maximum Gasteiger partial charge on any atom is 0.166 e. The lowest BCUT2D eigenvalue weighted by Crippen LogP contribution is -2.42. The fraction of sp³-hybridized carbons (Fsp3) is 0.615. The van der Waals surface area contributed by atoms with Gasteiger partial charge in [-0.15, -0.1) is 0 Å². The van der Waals surface area contributed by atoms with Crippen LogP contribution in [0.2, 0.25) is 5.02 Å². The van der Waals surface area contributed by atoms with Gasteiger partial charge in [-0.1, -0.05) is 11.6 Å². The molecule has 2 fully saturated rings. The van der Waals surface area contributed by atoms with Crippen LogP contribution in [0.5, 0.6) is 0 Å². The number of hydrogen-bond acceptors (Lipinski definition) is 3. The summed E-state index contributed by atoms with van der Waals surface area (Å²) in [5.41, 5.74) is 0. The largest absolute Gasteiger partial charge is 0.365 e. The van der Waals surface area contributed by atoms with E-state index in [1.54, 1.807) is 0 Å². The molecule has 0 amide bonds. The highest BCUT2D eigenvalue weighted by molar-refractivity contribution is 6.30. The van der Waals surface area contributed by atoms with Crippen molar-refractivity contribution in [2.24, 2.45) is 0 Å². The number of rotatable bonds is 2. The van der Waals surface area contributed by atoms with Gasteiger partial charge in [0.05, 0.1) is 5.02 Å². The summed E-state index contributed by atoms with van der Waals surface area (Å²) in [5, 5.41) is 3.55. The van der Waals surface area contributed by atoms with Gasteiger partial charge in [-0.3, -0.25) is 0 Å². The second kappa shape index (κ2) is 5.02. The maximum atomic E-state index is 13.7. The fourth-order valence-corrected chi connectivity index (χ4v) is 3.21. The Bertz CT molecular complexity index is 440. The van der Waals surface area contributed by atoms with E-state index in [9.17, 15) is 4.39 Å². The second-order valence-corrected chi connectivity index (χ2v) is 5.62. The Morgan fingerprint density at radius 3 is 3.11 bits per heavy atom. The molecule has 0 aliphatic carbocycles. The van der Waals surface area contributed by atoms with Crippen LogP contribution in [-0.4, -0.2) is 35.1 Å². The molecule has 2 atom stereocenters. The Labute approximate surface area is 111 Å². The van der Waals surface area contributed by atoms with E-state index in [-0.39, 0.29) is 5.82 Å². The summed E-state index contributed by atoms with van der Waals surface area (Å²) in [6, 6.07) is 2.31. The third kappa shape index (κ3) is 2.45. The first-order valence-electron chi connectivity index (χ1n) is 6.54. The maximum absolute atomic E-state index is 13.7. The summed E-state index contributed by atoms with van der Waals surface area (Å²) >= 11 is 5.70. The quantitative estimate of drug-likeness (QED) is 0.895. The normalized spacial score (nSPS) is 28.1. The topological polar surface area (TPSA) is 28.2 Å². The van der Waals surface area contributed by atoms with Crippen molar-refractivity contribution in [2.45, 2.75) is 37.8 Å². The first-order chi connectivity index (χ1) is 8.72. The number of hydrogen-bond donors (Lipinski definition) is 1. The van der Waals surface area contributed by atoms with E-state index in [0.29, 0.717) is 22.9 Å². The third-order valence-corrected chi connectivity index (χ3v) is 4.18. The Balaban J connectivity index is 1.66. The molecule has 2 saturated heterocycles. The molecule has 0 radical (unpaired) electrons. The number of aromatic nitrogens is 1. The molecule has 1 N–H and O–H groups in total. The lowest BCUT2D eigenvalue weighted by Gasteiger charge is -2.35. The summed E-state index contributed by atoms with van der Waals surface area (Å²) in [4.78, 5) is 6.57. The number of nitrogens with one attached hydrogen (secondary N) is 1. The zero-order valence-corrected chi connectivity index (χ0v) is 11.0. The highest BCUT2D eigenvalue weighted by atomic mass is 35.5. The van der Waals surface area contributed by atoms with Gasteiger partial charge in [0.25, 0.3) is 0 Å². The number of fused-ring (bicyclic) bond motifs is 1. The van der Waals surface area contributed by atoms with Crippen molar-refractivity contribution < 1.29 is 4.39 Å². The van der Waals surface area contributed by atoms with Gasteiger partial charge in [0.2, 0.25) is 0 Å². The zero-order valence-electron chi connectivity index (χ0n) is 10.2. The monoisotopic (exact) mass is 269 g/mol. The number of halogens is 2. The lowest BCUT2D eigenvalue weighted by molar-refractivity contribution is 0.188. The summed E-state index contributed by atoms with van der Waals surface area (Å²) in [5.74, 6) is -0.0350. The zero-order chi connectivity index (χ0) is 12.5.